The number of imide groups is 1. The number of nitrogens with one attached hydrogen (secondary N) is 2. The molecule has 7 heteroatoms. The minimum Gasteiger partial charge on any atom is -0.481 e. The van der Waals surface area contributed by atoms with E-state index in [1.54, 1.807) is 0 Å². The summed E-state index contributed by atoms with van der Waals surface area (Å²) >= 11 is 0. The van der Waals surface area contributed by atoms with Crippen LogP contribution < -0.4 is 16.4 Å². The predicted octanol–water partition coefficient (Wildman–Crippen LogP) is -0.196. The molecule has 0 saturated heterocycles. The van der Waals surface area contributed by atoms with E-state index in [0.717, 1.165) is 12.8 Å². The summed E-state index contributed by atoms with van der Waals surface area (Å²) in [6, 6.07) is -0.594. The van der Waals surface area contributed by atoms with E-state index in [9.17, 15) is 14.4 Å². The van der Waals surface area contributed by atoms with E-state index in [0.29, 0.717) is 19.4 Å². The largest absolute Gasteiger partial charge is 0.481 e. The molecule has 1 fully saturated rings. The normalized spacial score (nSPS) is 23.3. The fourth-order valence-corrected chi connectivity index (χ4v) is 2.13. The molecule has 0 aromatic heterocycles. The number of hydrogen-bond donors (Lipinski definition) is 4. The van der Waals surface area contributed by atoms with Crippen LogP contribution in [0.25, 0.3) is 0 Å². The molecule has 0 spiro atoms. The van der Waals surface area contributed by atoms with Gasteiger partial charge in [-0.05, 0) is 25.7 Å². The Labute approximate surface area is 105 Å². The molecular weight excluding hydrogens is 238 g/mol. The molecule has 7 nitrogen and oxygen atoms in total. The van der Waals surface area contributed by atoms with Crippen LogP contribution in [-0.2, 0) is 9.59 Å². The Morgan fingerprint density at radius 1 is 1.17 bits per heavy atom. The average Bonchev–Trinajstić information content (AvgIpc) is 2.28. The number of aliphatic carboxylic acids is 1. The highest BCUT2D eigenvalue weighted by Crippen LogP contribution is 2.24. The molecule has 18 heavy (non-hydrogen) atoms. The summed E-state index contributed by atoms with van der Waals surface area (Å²) in [5, 5.41) is 14.0. The van der Waals surface area contributed by atoms with Gasteiger partial charge in [0.1, 0.15) is 0 Å². The number of carboxylic acids is 1. The van der Waals surface area contributed by atoms with Crippen molar-refractivity contribution in [3.8, 4) is 0 Å². The van der Waals surface area contributed by atoms with Crippen LogP contribution in [-0.4, -0.2) is 35.6 Å². The van der Waals surface area contributed by atoms with Crippen molar-refractivity contribution in [3.63, 3.8) is 0 Å². The number of urea groups is 1. The molecule has 1 aliphatic carbocycles. The SMILES string of the molecule is NC(=O)NC(=O)CCNC1CCC(C(=O)O)CC1. The van der Waals surface area contributed by atoms with Crippen LogP contribution in [0.15, 0.2) is 0 Å². The molecular formula is C11H19N3O4. The summed E-state index contributed by atoms with van der Waals surface area (Å²) in [6.45, 7) is 0.460. The molecule has 0 heterocycles. The van der Waals surface area contributed by atoms with E-state index in [2.05, 4.69) is 5.32 Å². The molecule has 102 valence electrons. The highest BCUT2D eigenvalue weighted by molar-refractivity contribution is 5.93. The summed E-state index contributed by atoms with van der Waals surface area (Å²) in [4.78, 5) is 32.2. The molecule has 0 aromatic rings. The third-order valence-electron chi connectivity index (χ3n) is 3.12. The van der Waals surface area contributed by atoms with Crippen molar-refractivity contribution < 1.29 is 19.5 Å². The third kappa shape index (κ3) is 5.13. The van der Waals surface area contributed by atoms with Crippen molar-refractivity contribution in [1.82, 2.24) is 10.6 Å². The van der Waals surface area contributed by atoms with Gasteiger partial charge in [-0.25, -0.2) is 4.79 Å². The number of amides is 3. The Morgan fingerprint density at radius 2 is 1.78 bits per heavy atom. The summed E-state index contributed by atoms with van der Waals surface area (Å²) in [7, 11) is 0. The molecule has 0 aromatic carbocycles. The molecule has 0 unspecified atom stereocenters. The van der Waals surface area contributed by atoms with Gasteiger partial charge in [0, 0.05) is 19.0 Å². The van der Waals surface area contributed by atoms with Crippen LogP contribution in [0.4, 0.5) is 4.79 Å². The maximum absolute atomic E-state index is 11.1. The first-order valence-electron chi connectivity index (χ1n) is 6.04. The van der Waals surface area contributed by atoms with Crippen molar-refractivity contribution in [2.45, 2.75) is 38.1 Å². The molecule has 1 aliphatic rings. The second-order valence-corrected chi connectivity index (χ2v) is 4.50. The summed E-state index contributed by atoms with van der Waals surface area (Å²) in [5.74, 6) is -1.37. The van der Waals surface area contributed by atoms with Crippen LogP contribution in [0.1, 0.15) is 32.1 Å². The van der Waals surface area contributed by atoms with E-state index in [1.165, 1.54) is 0 Å². The lowest BCUT2D eigenvalue weighted by Gasteiger charge is -2.26. The van der Waals surface area contributed by atoms with Gasteiger partial charge >= 0.3 is 12.0 Å². The lowest BCUT2D eigenvalue weighted by atomic mass is 9.86. The Kier molecular flexibility index (Phi) is 5.57. The highest BCUT2D eigenvalue weighted by atomic mass is 16.4. The Hall–Kier alpha value is -1.63. The lowest BCUT2D eigenvalue weighted by Crippen LogP contribution is -2.39. The number of carbonyl (C=O) groups is 3. The molecule has 3 amide bonds. The third-order valence-corrected chi connectivity index (χ3v) is 3.12. The molecule has 1 saturated carbocycles. The summed E-state index contributed by atoms with van der Waals surface area (Å²) in [5.41, 5.74) is 4.80. The zero-order valence-electron chi connectivity index (χ0n) is 10.1. The van der Waals surface area contributed by atoms with Crippen LogP contribution in [0, 0.1) is 5.92 Å². The number of carboxylic acid groups (broad SMARTS) is 1. The van der Waals surface area contributed by atoms with Crippen molar-refractivity contribution in [2.75, 3.05) is 6.54 Å². The molecule has 0 radical (unpaired) electrons. The lowest BCUT2D eigenvalue weighted by molar-refractivity contribution is -0.142. The average molecular weight is 257 g/mol. The smallest absolute Gasteiger partial charge is 0.318 e. The van der Waals surface area contributed by atoms with Crippen LogP contribution in [0.3, 0.4) is 0 Å². The first kappa shape index (κ1) is 14.4. The standard InChI is InChI=1S/C11H19N3O4/c12-11(18)14-9(15)5-6-13-8-3-1-7(2-4-8)10(16)17/h7-8,13H,1-6H2,(H,16,17)(H3,12,14,15,18). The second-order valence-electron chi connectivity index (χ2n) is 4.50. The summed E-state index contributed by atoms with van der Waals surface area (Å²) in [6.07, 6.45) is 3.12. The number of nitrogens with two attached hydrogens (primary N) is 1. The van der Waals surface area contributed by atoms with Gasteiger partial charge < -0.3 is 16.2 Å². The van der Waals surface area contributed by atoms with Crippen molar-refractivity contribution in [3.05, 3.63) is 0 Å². The van der Waals surface area contributed by atoms with Gasteiger partial charge in [-0.3, -0.25) is 14.9 Å². The molecule has 0 atom stereocenters. The monoisotopic (exact) mass is 257 g/mol. The van der Waals surface area contributed by atoms with Gasteiger partial charge in [-0.2, -0.15) is 0 Å². The van der Waals surface area contributed by atoms with Gasteiger partial charge in [0.2, 0.25) is 5.91 Å². The fourth-order valence-electron chi connectivity index (χ4n) is 2.13. The first-order valence-corrected chi connectivity index (χ1v) is 6.04. The van der Waals surface area contributed by atoms with Gasteiger partial charge in [0.05, 0.1) is 5.92 Å². The van der Waals surface area contributed by atoms with Gasteiger partial charge in [-0.1, -0.05) is 0 Å². The highest BCUT2D eigenvalue weighted by Gasteiger charge is 2.25. The van der Waals surface area contributed by atoms with Crippen molar-refractivity contribution in [2.24, 2.45) is 11.7 Å². The Morgan fingerprint density at radius 3 is 2.28 bits per heavy atom. The minimum absolute atomic E-state index is 0.182. The Bertz CT molecular complexity index is 324. The number of hydrogen-bond acceptors (Lipinski definition) is 4. The zero-order valence-corrected chi connectivity index (χ0v) is 10.1. The first-order chi connectivity index (χ1) is 8.49. The molecule has 0 bridgehead atoms. The van der Waals surface area contributed by atoms with E-state index >= 15 is 0 Å². The van der Waals surface area contributed by atoms with Gasteiger partial charge in [-0.15, -0.1) is 0 Å². The molecule has 1 rings (SSSR count). The number of primary amides is 1. The van der Waals surface area contributed by atoms with Crippen LogP contribution in [0.2, 0.25) is 0 Å². The van der Waals surface area contributed by atoms with Gasteiger partial charge in [0.25, 0.3) is 0 Å². The number of rotatable bonds is 5. The Balaban J connectivity index is 2.13. The van der Waals surface area contributed by atoms with E-state index < -0.39 is 17.9 Å². The van der Waals surface area contributed by atoms with Crippen LogP contribution in [0.5, 0.6) is 0 Å². The zero-order chi connectivity index (χ0) is 13.5. The second kappa shape index (κ2) is 6.95. The minimum atomic E-state index is -0.845. The number of carbonyl (C=O) groups excluding carboxylic acids is 2. The van der Waals surface area contributed by atoms with Crippen molar-refractivity contribution >= 4 is 17.9 Å². The quantitative estimate of drug-likeness (QED) is 0.543. The van der Waals surface area contributed by atoms with Crippen LogP contribution >= 0.6 is 0 Å². The van der Waals surface area contributed by atoms with E-state index in [4.69, 9.17) is 10.8 Å². The fraction of sp³-hybridized carbons (Fsp3) is 0.727. The predicted molar refractivity (Wildman–Crippen MR) is 63.7 cm³/mol. The summed E-state index contributed by atoms with van der Waals surface area (Å²) < 4.78 is 0. The van der Waals surface area contributed by atoms with Gasteiger partial charge in [0.15, 0.2) is 0 Å². The van der Waals surface area contributed by atoms with E-state index in [-0.39, 0.29) is 18.4 Å². The molecule has 5 N–H and O–H groups in total. The van der Waals surface area contributed by atoms with E-state index in [1.807, 2.05) is 5.32 Å². The molecule has 0 aliphatic heterocycles. The topological polar surface area (TPSA) is 122 Å². The maximum atomic E-state index is 11.1. The maximum Gasteiger partial charge on any atom is 0.318 e. The van der Waals surface area contributed by atoms with Crippen molar-refractivity contribution in [1.29, 1.82) is 0 Å².